The maximum Gasteiger partial charge on any atom is 0.416 e. The molecule has 0 aliphatic rings. The summed E-state index contributed by atoms with van der Waals surface area (Å²) in [5.74, 6) is 0.287. The van der Waals surface area contributed by atoms with Gasteiger partial charge in [-0.2, -0.15) is 23.4 Å². The van der Waals surface area contributed by atoms with Crippen LogP contribution in [-0.4, -0.2) is 25.5 Å². The minimum absolute atomic E-state index is 0.130. The predicted octanol–water partition coefficient (Wildman–Crippen LogP) is 4.74. The van der Waals surface area contributed by atoms with E-state index in [1.807, 2.05) is 31.2 Å². The van der Waals surface area contributed by atoms with Crippen LogP contribution in [-0.2, 0) is 19.5 Å². The third kappa shape index (κ3) is 5.59. The smallest absolute Gasteiger partial charge is 0.416 e. The average Bonchev–Trinajstić information content (AvgIpc) is 3.42. The molecule has 2 aromatic heterocycles. The topological polar surface area (TPSA) is 74.0 Å². The molecule has 0 atom stereocenters. The van der Waals surface area contributed by atoms with Gasteiger partial charge in [0.25, 0.3) is 5.91 Å². The number of anilines is 1. The summed E-state index contributed by atoms with van der Waals surface area (Å²) in [6.07, 6.45) is 0.179. The summed E-state index contributed by atoms with van der Waals surface area (Å²) in [5, 5.41) is 11.0. The molecule has 0 saturated heterocycles. The minimum atomic E-state index is -4.41. The first kappa shape index (κ1) is 22.1. The van der Waals surface area contributed by atoms with Crippen LogP contribution in [0.4, 0.5) is 18.9 Å². The summed E-state index contributed by atoms with van der Waals surface area (Å²) in [5.41, 5.74) is 1.30. The van der Waals surface area contributed by atoms with Crippen molar-refractivity contribution in [3.8, 4) is 5.75 Å². The van der Waals surface area contributed by atoms with Crippen molar-refractivity contribution in [2.45, 2.75) is 26.4 Å². The Morgan fingerprint density at radius 2 is 1.91 bits per heavy atom. The third-order valence-electron chi connectivity index (χ3n) is 4.81. The Morgan fingerprint density at radius 1 is 1.09 bits per heavy atom. The fraction of sp³-hybridized carbons (Fsp3) is 0.174. The first-order valence-corrected chi connectivity index (χ1v) is 10.00. The number of nitrogens with one attached hydrogen (secondary N) is 1. The molecule has 0 fully saturated rings. The average molecular weight is 455 g/mol. The second-order valence-electron chi connectivity index (χ2n) is 7.36. The van der Waals surface area contributed by atoms with Crippen LogP contribution in [0, 0.1) is 6.92 Å². The molecule has 0 bridgehead atoms. The van der Waals surface area contributed by atoms with Crippen molar-refractivity contribution >= 4 is 11.6 Å². The highest BCUT2D eigenvalue weighted by Gasteiger charge is 2.30. The molecule has 0 aliphatic carbocycles. The highest BCUT2D eigenvalue weighted by molar-refractivity contribution is 6.02. The number of carbonyl (C=O) groups excluding carboxylic acids is 1. The van der Waals surface area contributed by atoms with Crippen molar-refractivity contribution in [2.75, 3.05) is 5.32 Å². The SMILES string of the molecule is Cc1ccccc1OCn1ccc(C(=O)Nc2cnn(Cc3cccc(C(F)(F)F)c3)c2)n1. The first-order valence-electron chi connectivity index (χ1n) is 10.00. The molecule has 0 radical (unpaired) electrons. The van der Waals surface area contributed by atoms with Gasteiger partial charge in [0, 0.05) is 12.4 Å². The van der Waals surface area contributed by atoms with Crippen LogP contribution in [0.5, 0.6) is 5.75 Å². The Hall–Kier alpha value is -4.08. The summed E-state index contributed by atoms with van der Waals surface area (Å²) >= 11 is 0. The van der Waals surface area contributed by atoms with E-state index in [-0.39, 0.29) is 19.0 Å². The van der Waals surface area contributed by atoms with Crippen LogP contribution in [0.2, 0.25) is 0 Å². The van der Waals surface area contributed by atoms with Crippen LogP contribution in [0.15, 0.2) is 73.2 Å². The Labute approximate surface area is 187 Å². The van der Waals surface area contributed by atoms with Gasteiger partial charge in [-0.25, -0.2) is 4.68 Å². The van der Waals surface area contributed by atoms with Gasteiger partial charge in [-0.3, -0.25) is 9.48 Å². The lowest BCUT2D eigenvalue weighted by Gasteiger charge is -2.08. The third-order valence-corrected chi connectivity index (χ3v) is 4.81. The lowest BCUT2D eigenvalue weighted by molar-refractivity contribution is -0.137. The van der Waals surface area contributed by atoms with Crippen molar-refractivity contribution in [1.82, 2.24) is 19.6 Å². The van der Waals surface area contributed by atoms with Gasteiger partial charge in [0.05, 0.1) is 24.0 Å². The van der Waals surface area contributed by atoms with Gasteiger partial charge in [-0.05, 0) is 42.3 Å². The lowest BCUT2D eigenvalue weighted by atomic mass is 10.1. The highest BCUT2D eigenvalue weighted by atomic mass is 19.4. The molecule has 1 N–H and O–H groups in total. The Balaban J connectivity index is 1.35. The first-order chi connectivity index (χ1) is 15.8. The van der Waals surface area contributed by atoms with Crippen molar-refractivity contribution in [1.29, 1.82) is 0 Å². The van der Waals surface area contributed by atoms with Crippen molar-refractivity contribution in [3.63, 3.8) is 0 Å². The Morgan fingerprint density at radius 3 is 2.70 bits per heavy atom. The fourth-order valence-corrected chi connectivity index (χ4v) is 3.15. The predicted molar refractivity (Wildman–Crippen MR) is 115 cm³/mol. The number of aryl methyl sites for hydroxylation is 1. The number of halogens is 3. The van der Waals surface area contributed by atoms with E-state index < -0.39 is 17.6 Å². The molecule has 0 spiro atoms. The van der Waals surface area contributed by atoms with E-state index in [2.05, 4.69) is 15.5 Å². The van der Waals surface area contributed by atoms with E-state index in [1.165, 1.54) is 27.8 Å². The van der Waals surface area contributed by atoms with Gasteiger partial charge in [-0.1, -0.05) is 30.3 Å². The van der Waals surface area contributed by atoms with E-state index in [1.54, 1.807) is 18.3 Å². The molecular weight excluding hydrogens is 435 g/mol. The molecule has 170 valence electrons. The number of alkyl halides is 3. The Kier molecular flexibility index (Phi) is 6.16. The summed E-state index contributed by atoms with van der Waals surface area (Å²) < 4.78 is 47.3. The van der Waals surface area contributed by atoms with Crippen LogP contribution in [0.25, 0.3) is 0 Å². The van der Waals surface area contributed by atoms with Crippen LogP contribution in [0.3, 0.4) is 0 Å². The van der Waals surface area contributed by atoms with Gasteiger partial charge in [0.1, 0.15) is 5.75 Å². The molecule has 1 amide bonds. The minimum Gasteiger partial charge on any atom is -0.471 e. The van der Waals surface area contributed by atoms with Gasteiger partial charge >= 0.3 is 6.18 Å². The molecule has 0 saturated carbocycles. The summed E-state index contributed by atoms with van der Waals surface area (Å²) in [6.45, 7) is 2.21. The molecule has 10 heteroatoms. The van der Waals surface area contributed by atoms with Gasteiger partial charge in [-0.15, -0.1) is 0 Å². The van der Waals surface area contributed by atoms with Crippen molar-refractivity contribution in [3.05, 3.63) is 95.6 Å². The standard InChI is InChI=1S/C23H20F3N5O2/c1-16-5-2-3-8-21(16)33-15-30-10-9-20(29-30)22(32)28-19-12-27-31(14-19)13-17-6-4-7-18(11-17)23(24,25)26/h2-12,14H,13,15H2,1H3,(H,28,32). The number of benzene rings is 2. The number of rotatable bonds is 7. The largest absolute Gasteiger partial charge is 0.471 e. The lowest BCUT2D eigenvalue weighted by Crippen LogP contribution is -2.14. The van der Waals surface area contributed by atoms with E-state index in [0.29, 0.717) is 11.3 Å². The van der Waals surface area contributed by atoms with E-state index >= 15 is 0 Å². The number of aromatic nitrogens is 4. The number of hydrogen-bond acceptors (Lipinski definition) is 4. The summed E-state index contributed by atoms with van der Waals surface area (Å²) in [6, 6.07) is 14.2. The van der Waals surface area contributed by atoms with Crippen molar-refractivity contribution < 1.29 is 22.7 Å². The molecule has 0 unspecified atom stereocenters. The van der Waals surface area contributed by atoms with E-state index in [9.17, 15) is 18.0 Å². The molecule has 2 heterocycles. The van der Waals surface area contributed by atoms with Crippen molar-refractivity contribution in [2.24, 2.45) is 0 Å². The molecule has 4 rings (SSSR count). The van der Waals surface area contributed by atoms with Gasteiger partial charge < -0.3 is 10.1 Å². The zero-order valence-electron chi connectivity index (χ0n) is 17.6. The number of carbonyl (C=O) groups is 1. The quantitative estimate of drug-likeness (QED) is 0.437. The number of amides is 1. The maximum absolute atomic E-state index is 12.9. The monoisotopic (exact) mass is 455 g/mol. The number of para-hydroxylation sites is 1. The zero-order chi connectivity index (χ0) is 23.4. The van der Waals surface area contributed by atoms with Gasteiger partial charge in [0.2, 0.25) is 0 Å². The highest BCUT2D eigenvalue weighted by Crippen LogP contribution is 2.29. The molecule has 7 nitrogen and oxygen atoms in total. The summed E-state index contributed by atoms with van der Waals surface area (Å²) in [7, 11) is 0. The van der Waals surface area contributed by atoms with Gasteiger partial charge in [0.15, 0.2) is 12.4 Å². The van der Waals surface area contributed by atoms with E-state index in [4.69, 9.17) is 4.74 Å². The second kappa shape index (κ2) is 9.19. The Bertz CT molecular complexity index is 1260. The number of hydrogen-bond donors (Lipinski definition) is 1. The molecule has 2 aromatic carbocycles. The van der Waals surface area contributed by atoms with E-state index in [0.717, 1.165) is 23.4 Å². The molecular formula is C23H20F3N5O2. The number of nitrogens with zero attached hydrogens (tertiary/aromatic N) is 4. The molecule has 0 aliphatic heterocycles. The summed E-state index contributed by atoms with van der Waals surface area (Å²) in [4.78, 5) is 12.5. The number of ether oxygens (including phenoxy) is 1. The fourth-order valence-electron chi connectivity index (χ4n) is 3.15. The van der Waals surface area contributed by atoms with Crippen LogP contribution in [0.1, 0.15) is 27.2 Å². The normalized spacial score (nSPS) is 11.4. The van der Waals surface area contributed by atoms with Crippen LogP contribution >= 0.6 is 0 Å². The molecule has 33 heavy (non-hydrogen) atoms. The zero-order valence-corrected chi connectivity index (χ0v) is 17.6. The molecule has 4 aromatic rings. The second-order valence-corrected chi connectivity index (χ2v) is 7.36. The maximum atomic E-state index is 12.9. The van der Waals surface area contributed by atoms with Crippen LogP contribution < -0.4 is 10.1 Å².